The van der Waals surface area contributed by atoms with Crippen LogP contribution < -0.4 is 11.1 Å². The highest BCUT2D eigenvalue weighted by molar-refractivity contribution is 6.31. The molecule has 14 heavy (non-hydrogen) atoms. The average Bonchev–Trinajstić information content (AvgIpc) is 2.18. The largest absolute Gasteiger partial charge is 0.398 e. The lowest BCUT2D eigenvalue weighted by Crippen LogP contribution is -2.27. The predicted molar refractivity (Wildman–Crippen MR) is 55.3 cm³/mol. The summed E-state index contributed by atoms with van der Waals surface area (Å²) in [4.78, 5) is 11.4. The molecule has 0 aliphatic rings. The summed E-state index contributed by atoms with van der Waals surface area (Å²) in [5.41, 5.74) is 6.27. The van der Waals surface area contributed by atoms with Crippen LogP contribution in [-0.2, 0) is 0 Å². The number of nitrogens with two attached hydrogens (primary N) is 1. The number of anilines is 1. The van der Waals surface area contributed by atoms with E-state index in [2.05, 4.69) is 5.32 Å². The van der Waals surface area contributed by atoms with Crippen molar-refractivity contribution in [2.24, 2.45) is 0 Å². The fraction of sp³-hybridized carbons (Fsp3) is 0.222. The van der Waals surface area contributed by atoms with Crippen molar-refractivity contribution in [2.45, 2.75) is 0 Å². The number of rotatable bonds is 3. The Hall–Kier alpha value is -1.26. The Kier molecular flexibility index (Phi) is 3.73. The van der Waals surface area contributed by atoms with E-state index in [0.29, 0.717) is 16.3 Å². The standard InChI is InChI=1S/C9H11ClN2O2/c10-6-1-2-8(11)7(5-6)9(14)12-3-4-13/h1-2,5,13H,3-4,11H2,(H,12,14). The highest BCUT2D eigenvalue weighted by Gasteiger charge is 2.08. The van der Waals surface area contributed by atoms with E-state index in [1.807, 2.05) is 0 Å². The van der Waals surface area contributed by atoms with Crippen LogP contribution in [0.5, 0.6) is 0 Å². The van der Waals surface area contributed by atoms with Crippen molar-refractivity contribution in [3.8, 4) is 0 Å². The molecule has 4 N–H and O–H groups in total. The molecular formula is C9H11ClN2O2. The Balaban J connectivity index is 2.83. The minimum atomic E-state index is -0.334. The zero-order chi connectivity index (χ0) is 10.6. The lowest BCUT2D eigenvalue weighted by Gasteiger charge is -2.06. The third-order valence-electron chi connectivity index (χ3n) is 1.66. The Morgan fingerprint density at radius 2 is 2.29 bits per heavy atom. The second-order valence-electron chi connectivity index (χ2n) is 2.71. The second-order valence-corrected chi connectivity index (χ2v) is 3.15. The molecular weight excluding hydrogens is 204 g/mol. The maximum absolute atomic E-state index is 11.4. The highest BCUT2D eigenvalue weighted by Crippen LogP contribution is 2.17. The van der Waals surface area contributed by atoms with E-state index in [0.717, 1.165) is 0 Å². The quantitative estimate of drug-likeness (QED) is 0.647. The first kappa shape index (κ1) is 10.8. The molecule has 0 spiro atoms. The summed E-state index contributed by atoms with van der Waals surface area (Å²) in [5.74, 6) is -0.334. The van der Waals surface area contributed by atoms with Crippen LogP contribution in [-0.4, -0.2) is 24.2 Å². The minimum absolute atomic E-state index is 0.105. The molecule has 1 amide bonds. The number of hydrogen-bond acceptors (Lipinski definition) is 3. The van der Waals surface area contributed by atoms with Gasteiger partial charge in [-0.15, -0.1) is 0 Å². The molecule has 0 bridgehead atoms. The molecule has 5 heteroatoms. The first-order valence-corrected chi connectivity index (χ1v) is 4.47. The van der Waals surface area contributed by atoms with Gasteiger partial charge in [0, 0.05) is 17.3 Å². The molecule has 76 valence electrons. The van der Waals surface area contributed by atoms with Gasteiger partial charge in [-0.3, -0.25) is 4.79 Å². The van der Waals surface area contributed by atoms with Gasteiger partial charge in [0.15, 0.2) is 0 Å². The van der Waals surface area contributed by atoms with Crippen LogP contribution in [0.15, 0.2) is 18.2 Å². The third kappa shape index (κ3) is 2.61. The van der Waals surface area contributed by atoms with Gasteiger partial charge < -0.3 is 16.2 Å². The van der Waals surface area contributed by atoms with Crippen molar-refractivity contribution >= 4 is 23.2 Å². The normalized spacial score (nSPS) is 9.86. The van der Waals surface area contributed by atoms with Gasteiger partial charge >= 0.3 is 0 Å². The lowest BCUT2D eigenvalue weighted by atomic mass is 10.1. The number of carbonyl (C=O) groups excluding carboxylic acids is 1. The van der Waals surface area contributed by atoms with Crippen LogP contribution in [0, 0.1) is 0 Å². The van der Waals surface area contributed by atoms with Gasteiger partial charge in [0.2, 0.25) is 0 Å². The number of carbonyl (C=O) groups is 1. The molecule has 0 aliphatic carbocycles. The van der Waals surface area contributed by atoms with Gasteiger partial charge in [-0.05, 0) is 18.2 Å². The van der Waals surface area contributed by atoms with Crippen LogP contribution in [0.2, 0.25) is 5.02 Å². The summed E-state index contributed by atoms with van der Waals surface area (Å²) in [6, 6.07) is 4.67. The van der Waals surface area contributed by atoms with Crippen molar-refractivity contribution in [1.82, 2.24) is 5.32 Å². The van der Waals surface area contributed by atoms with Crippen LogP contribution in [0.25, 0.3) is 0 Å². The summed E-state index contributed by atoms with van der Waals surface area (Å²) < 4.78 is 0. The number of nitrogens with one attached hydrogen (secondary N) is 1. The van der Waals surface area contributed by atoms with Gasteiger partial charge in [-0.1, -0.05) is 11.6 Å². The average molecular weight is 215 g/mol. The molecule has 0 heterocycles. The molecule has 0 aromatic heterocycles. The van der Waals surface area contributed by atoms with Crippen LogP contribution in [0.1, 0.15) is 10.4 Å². The zero-order valence-corrected chi connectivity index (χ0v) is 8.21. The lowest BCUT2D eigenvalue weighted by molar-refractivity contribution is 0.0945. The van der Waals surface area contributed by atoms with Crippen LogP contribution in [0.3, 0.4) is 0 Å². The predicted octanol–water partition coefficient (Wildman–Crippen LogP) is 0.644. The van der Waals surface area contributed by atoms with Crippen molar-refractivity contribution < 1.29 is 9.90 Å². The molecule has 1 rings (SSSR count). The molecule has 0 aliphatic heterocycles. The molecule has 0 saturated carbocycles. The van der Waals surface area contributed by atoms with Crippen molar-refractivity contribution in [2.75, 3.05) is 18.9 Å². The van der Waals surface area contributed by atoms with Crippen molar-refractivity contribution in [3.05, 3.63) is 28.8 Å². The first-order valence-electron chi connectivity index (χ1n) is 4.09. The molecule has 4 nitrogen and oxygen atoms in total. The molecule has 0 unspecified atom stereocenters. The summed E-state index contributed by atoms with van der Waals surface area (Å²) >= 11 is 5.71. The first-order chi connectivity index (χ1) is 6.65. The SMILES string of the molecule is Nc1ccc(Cl)cc1C(=O)NCCO. The van der Waals surface area contributed by atoms with E-state index in [1.165, 1.54) is 6.07 Å². The van der Waals surface area contributed by atoms with E-state index < -0.39 is 0 Å². The fourth-order valence-corrected chi connectivity index (χ4v) is 1.16. The van der Waals surface area contributed by atoms with E-state index >= 15 is 0 Å². The number of hydrogen-bond donors (Lipinski definition) is 3. The summed E-state index contributed by atoms with van der Waals surface area (Å²) in [6.45, 7) is 0.0942. The topological polar surface area (TPSA) is 75.4 Å². The van der Waals surface area contributed by atoms with Crippen molar-refractivity contribution in [3.63, 3.8) is 0 Å². The number of nitrogen functional groups attached to an aromatic ring is 1. The summed E-state index contributed by atoms with van der Waals surface area (Å²) in [5, 5.41) is 11.5. The van der Waals surface area contributed by atoms with Gasteiger partial charge in [-0.2, -0.15) is 0 Å². The number of benzene rings is 1. The maximum atomic E-state index is 11.4. The minimum Gasteiger partial charge on any atom is -0.398 e. The number of halogens is 1. The monoisotopic (exact) mass is 214 g/mol. The van der Waals surface area contributed by atoms with E-state index in [4.69, 9.17) is 22.4 Å². The Morgan fingerprint density at radius 3 is 2.93 bits per heavy atom. The molecule has 0 fully saturated rings. The number of aliphatic hydroxyl groups is 1. The Labute approximate surface area is 86.7 Å². The van der Waals surface area contributed by atoms with Crippen molar-refractivity contribution in [1.29, 1.82) is 0 Å². The number of aliphatic hydroxyl groups excluding tert-OH is 1. The molecule has 0 atom stereocenters. The van der Waals surface area contributed by atoms with Gasteiger partial charge in [0.1, 0.15) is 0 Å². The molecule has 1 aromatic rings. The summed E-state index contributed by atoms with van der Waals surface area (Å²) in [6.07, 6.45) is 0. The fourth-order valence-electron chi connectivity index (χ4n) is 0.990. The van der Waals surface area contributed by atoms with E-state index in [1.54, 1.807) is 12.1 Å². The summed E-state index contributed by atoms with van der Waals surface area (Å²) in [7, 11) is 0. The second kappa shape index (κ2) is 4.83. The smallest absolute Gasteiger partial charge is 0.253 e. The van der Waals surface area contributed by atoms with Gasteiger partial charge in [-0.25, -0.2) is 0 Å². The van der Waals surface area contributed by atoms with Crippen LogP contribution >= 0.6 is 11.6 Å². The molecule has 1 aromatic carbocycles. The third-order valence-corrected chi connectivity index (χ3v) is 1.89. The Bertz CT molecular complexity index is 342. The van der Waals surface area contributed by atoms with Crippen LogP contribution in [0.4, 0.5) is 5.69 Å². The Morgan fingerprint density at radius 1 is 1.57 bits per heavy atom. The zero-order valence-electron chi connectivity index (χ0n) is 7.46. The van der Waals surface area contributed by atoms with E-state index in [-0.39, 0.29) is 19.1 Å². The molecule has 0 saturated heterocycles. The molecule has 0 radical (unpaired) electrons. The highest BCUT2D eigenvalue weighted by atomic mass is 35.5. The number of amides is 1. The van der Waals surface area contributed by atoms with E-state index in [9.17, 15) is 4.79 Å². The van der Waals surface area contributed by atoms with Gasteiger partial charge in [0.25, 0.3) is 5.91 Å². The van der Waals surface area contributed by atoms with Gasteiger partial charge in [0.05, 0.1) is 12.2 Å². The maximum Gasteiger partial charge on any atom is 0.253 e.